The fourth-order valence-corrected chi connectivity index (χ4v) is 2.64. The molecule has 0 atom stereocenters. The molecule has 6 nitrogen and oxygen atoms in total. The van der Waals surface area contributed by atoms with Crippen molar-refractivity contribution >= 4 is 23.5 Å². The van der Waals surface area contributed by atoms with Crippen molar-refractivity contribution in [3.63, 3.8) is 0 Å². The highest BCUT2D eigenvalue weighted by Crippen LogP contribution is 2.18. The van der Waals surface area contributed by atoms with Crippen molar-refractivity contribution in [2.75, 3.05) is 5.75 Å². The van der Waals surface area contributed by atoms with E-state index in [-0.39, 0.29) is 18.1 Å². The Labute approximate surface area is 126 Å². The Bertz CT molecular complexity index is 664. The Morgan fingerprint density at radius 3 is 2.48 bits per heavy atom. The number of carbonyl (C=O) groups is 2. The maximum atomic E-state index is 12.1. The lowest BCUT2D eigenvalue weighted by molar-refractivity contribution is -0.118. The van der Waals surface area contributed by atoms with Gasteiger partial charge in [0.25, 0.3) is 0 Å². The van der Waals surface area contributed by atoms with E-state index in [2.05, 4.69) is 10.2 Å². The Hall–Kier alpha value is -2.15. The highest BCUT2D eigenvalue weighted by molar-refractivity contribution is 7.99. The summed E-state index contributed by atoms with van der Waals surface area (Å²) in [5, 5.41) is 8.39. The number of hydrogen-bond acceptors (Lipinski definition) is 5. The van der Waals surface area contributed by atoms with Gasteiger partial charge in [-0.3, -0.25) is 14.2 Å². The van der Waals surface area contributed by atoms with Gasteiger partial charge in [-0.2, -0.15) is 0 Å². The van der Waals surface area contributed by atoms with Gasteiger partial charge in [-0.05, 0) is 13.8 Å². The maximum Gasteiger partial charge on any atom is 0.237 e. The number of nitrogens with two attached hydrogens (primary N) is 1. The van der Waals surface area contributed by atoms with E-state index in [0.29, 0.717) is 16.5 Å². The summed E-state index contributed by atoms with van der Waals surface area (Å²) in [6, 6.07) is 7.41. The van der Waals surface area contributed by atoms with E-state index in [0.717, 1.165) is 5.56 Å². The first-order valence-corrected chi connectivity index (χ1v) is 7.36. The van der Waals surface area contributed by atoms with E-state index in [1.807, 2.05) is 19.1 Å². The van der Waals surface area contributed by atoms with Gasteiger partial charge in [-0.25, -0.2) is 0 Å². The van der Waals surface area contributed by atoms with Crippen LogP contribution in [-0.4, -0.2) is 32.2 Å². The fraction of sp³-hybridized carbons (Fsp3) is 0.286. The van der Waals surface area contributed by atoms with Gasteiger partial charge in [0.05, 0.1) is 5.75 Å². The second-order valence-electron chi connectivity index (χ2n) is 4.66. The fourth-order valence-electron chi connectivity index (χ4n) is 1.76. The largest absolute Gasteiger partial charge is 0.368 e. The van der Waals surface area contributed by atoms with Crippen LogP contribution in [0.3, 0.4) is 0 Å². The first-order valence-electron chi connectivity index (χ1n) is 6.38. The number of hydrogen-bond donors (Lipinski definition) is 1. The Balaban J connectivity index is 2.04. The van der Waals surface area contributed by atoms with Crippen molar-refractivity contribution in [3.05, 3.63) is 41.2 Å². The number of thioether (sulfide) groups is 1. The summed E-state index contributed by atoms with van der Waals surface area (Å²) in [4.78, 5) is 23.1. The second kappa shape index (κ2) is 6.53. The van der Waals surface area contributed by atoms with Crippen LogP contribution in [-0.2, 0) is 11.3 Å². The van der Waals surface area contributed by atoms with E-state index in [9.17, 15) is 9.59 Å². The van der Waals surface area contributed by atoms with Crippen molar-refractivity contribution < 1.29 is 9.59 Å². The SMILES string of the molecule is Cc1ccc(C(=O)CSc2nnc(C)n2CC(N)=O)cc1. The lowest BCUT2D eigenvalue weighted by Gasteiger charge is -2.05. The Morgan fingerprint density at radius 1 is 1.19 bits per heavy atom. The number of carbonyl (C=O) groups excluding carboxylic acids is 2. The molecule has 21 heavy (non-hydrogen) atoms. The van der Waals surface area contributed by atoms with Crippen molar-refractivity contribution in [3.8, 4) is 0 Å². The van der Waals surface area contributed by atoms with Crippen LogP contribution < -0.4 is 5.73 Å². The molecule has 2 rings (SSSR count). The summed E-state index contributed by atoms with van der Waals surface area (Å²) in [6.45, 7) is 3.72. The van der Waals surface area contributed by atoms with Crippen LogP contribution in [0.2, 0.25) is 0 Å². The molecular formula is C14H16N4O2S. The molecule has 1 aromatic carbocycles. The Morgan fingerprint density at radius 2 is 1.86 bits per heavy atom. The van der Waals surface area contributed by atoms with Gasteiger partial charge in [0.1, 0.15) is 12.4 Å². The molecule has 0 bridgehead atoms. The smallest absolute Gasteiger partial charge is 0.237 e. The molecule has 7 heteroatoms. The average Bonchev–Trinajstić information content (AvgIpc) is 2.77. The van der Waals surface area contributed by atoms with E-state index in [1.54, 1.807) is 23.6 Å². The monoisotopic (exact) mass is 304 g/mol. The molecule has 110 valence electrons. The zero-order valence-electron chi connectivity index (χ0n) is 11.9. The molecule has 0 saturated heterocycles. The molecule has 0 fully saturated rings. The quantitative estimate of drug-likeness (QED) is 0.642. The van der Waals surface area contributed by atoms with E-state index in [1.165, 1.54) is 11.8 Å². The van der Waals surface area contributed by atoms with Crippen LogP contribution in [0.25, 0.3) is 0 Å². The van der Waals surface area contributed by atoms with Gasteiger partial charge in [0, 0.05) is 5.56 Å². The van der Waals surface area contributed by atoms with Crippen molar-refractivity contribution in [2.45, 2.75) is 25.5 Å². The second-order valence-corrected chi connectivity index (χ2v) is 5.60. The number of rotatable bonds is 6. The van der Waals surface area contributed by atoms with Gasteiger partial charge in [-0.15, -0.1) is 10.2 Å². The zero-order valence-corrected chi connectivity index (χ0v) is 12.7. The third kappa shape index (κ3) is 3.91. The summed E-state index contributed by atoms with van der Waals surface area (Å²) in [7, 11) is 0. The lowest BCUT2D eigenvalue weighted by atomic mass is 10.1. The van der Waals surface area contributed by atoms with Crippen LogP contribution in [0, 0.1) is 13.8 Å². The molecule has 0 unspecified atom stereocenters. The lowest BCUT2D eigenvalue weighted by Crippen LogP contribution is -2.20. The van der Waals surface area contributed by atoms with Crippen LogP contribution in [0.15, 0.2) is 29.4 Å². The maximum absolute atomic E-state index is 12.1. The van der Waals surface area contributed by atoms with Gasteiger partial charge >= 0.3 is 0 Å². The third-order valence-electron chi connectivity index (χ3n) is 2.92. The number of aryl methyl sites for hydroxylation is 2. The first kappa shape index (κ1) is 15.2. The van der Waals surface area contributed by atoms with Gasteiger partial charge in [-0.1, -0.05) is 41.6 Å². The predicted molar refractivity (Wildman–Crippen MR) is 80.2 cm³/mol. The minimum Gasteiger partial charge on any atom is -0.368 e. The van der Waals surface area contributed by atoms with E-state index in [4.69, 9.17) is 5.73 Å². The van der Waals surface area contributed by atoms with Crippen LogP contribution in [0.5, 0.6) is 0 Å². The minimum atomic E-state index is -0.468. The number of aromatic nitrogens is 3. The summed E-state index contributed by atoms with van der Waals surface area (Å²) in [5.41, 5.74) is 6.96. The van der Waals surface area contributed by atoms with Crippen LogP contribution >= 0.6 is 11.8 Å². The molecule has 0 radical (unpaired) electrons. The first-order chi connectivity index (χ1) is 9.97. The number of nitrogens with zero attached hydrogens (tertiary/aromatic N) is 3. The van der Waals surface area contributed by atoms with Crippen molar-refractivity contribution in [2.24, 2.45) is 5.73 Å². The molecule has 0 spiro atoms. The van der Waals surface area contributed by atoms with E-state index < -0.39 is 5.91 Å². The highest BCUT2D eigenvalue weighted by Gasteiger charge is 2.14. The van der Waals surface area contributed by atoms with Crippen LogP contribution in [0.4, 0.5) is 0 Å². The van der Waals surface area contributed by atoms with Gasteiger partial charge in [0.15, 0.2) is 10.9 Å². The summed E-state index contributed by atoms with van der Waals surface area (Å²) >= 11 is 1.25. The van der Waals surface area contributed by atoms with Crippen molar-refractivity contribution in [1.82, 2.24) is 14.8 Å². The molecule has 1 amide bonds. The molecule has 2 N–H and O–H groups in total. The van der Waals surface area contributed by atoms with Crippen LogP contribution in [0.1, 0.15) is 21.7 Å². The molecule has 1 heterocycles. The molecule has 0 aliphatic rings. The molecule has 0 aliphatic carbocycles. The molecular weight excluding hydrogens is 288 g/mol. The molecule has 1 aromatic heterocycles. The number of Topliss-reactive ketones (excluding diaryl/α,β-unsaturated/α-hetero) is 1. The molecule has 0 saturated carbocycles. The minimum absolute atomic E-state index is 0.00581. The molecule has 0 aliphatic heterocycles. The average molecular weight is 304 g/mol. The number of benzene rings is 1. The summed E-state index contributed by atoms with van der Waals surface area (Å²) in [6.07, 6.45) is 0. The van der Waals surface area contributed by atoms with Gasteiger partial charge < -0.3 is 5.73 Å². The molecule has 2 aromatic rings. The topological polar surface area (TPSA) is 90.9 Å². The third-order valence-corrected chi connectivity index (χ3v) is 3.89. The van der Waals surface area contributed by atoms with Gasteiger partial charge in [0.2, 0.25) is 5.91 Å². The predicted octanol–water partition coefficient (Wildman–Crippen LogP) is 1.36. The number of ketones is 1. The highest BCUT2D eigenvalue weighted by atomic mass is 32.2. The standard InChI is InChI=1S/C14H16N4O2S/c1-9-3-5-11(6-4-9)12(19)8-21-14-17-16-10(2)18(14)7-13(15)20/h3-6H,7-8H2,1-2H3,(H2,15,20). The summed E-state index contributed by atoms with van der Waals surface area (Å²) < 4.78 is 1.61. The zero-order chi connectivity index (χ0) is 15.4. The van der Waals surface area contributed by atoms with Crippen molar-refractivity contribution in [1.29, 1.82) is 0 Å². The van der Waals surface area contributed by atoms with E-state index >= 15 is 0 Å². The summed E-state index contributed by atoms with van der Waals surface area (Å²) in [5.74, 6) is 0.370. The number of primary amides is 1. The normalized spacial score (nSPS) is 10.6. The Kier molecular flexibility index (Phi) is 4.74. The number of amides is 1.